The van der Waals surface area contributed by atoms with Crippen molar-refractivity contribution >= 4 is 66.6 Å². The summed E-state index contributed by atoms with van der Waals surface area (Å²) in [4.78, 5) is 12.1. The molecule has 0 saturated carbocycles. The molecule has 0 fully saturated rings. The van der Waals surface area contributed by atoms with Crippen LogP contribution in [-0.4, -0.2) is 17.2 Å². The van der Waals surface area contributed by atoms with Crippen LogP contribution in [0.5, 0.6) is 5.75 Å². The molecule has 0 aliphatic heterocycles. The predicted molar refractivity (Wildman–Crippen MR) is 99.8 cm³/mol. The maximum atomic E-state index is 12.1. The van der Waals surface area contributed by atoms with Gasteiger partial charge in [-0.2, -0.15) is 5.10 Å². The van der Waals surface area contributed by atoms with Crippen molar-refractivity contribution in [3.8, 4) is 5.75 Å². The van der Waals surface area contributed by atoms with Gasteiger partial charge in [-0.15, -0.1) is 0 Å². The van der Waals surface area contributed by atoms with E-state index in [0.717, 1.165) is 9.86 Å². The van der Waals surface area contributed by atoms with Crippen LogP contribution in [0.2, 0.25) is 5.02 Å². The lowest BCUT2D eigenvalue weighted by molar-refractivity contribution is 0.0929. The maximum Gasteiger partial charge on any atom is 0.307 e. The van der Waals surface area contributed by atoms with Gasteiger partial charge in [0.1, 0.15) is 11.3 Å². The summed E-state index contributed by atoms with van der Waals surface area (Å²) in [5.41, 5.74) is 3.31. The second-order valence-corrected chi connectivity index (χ2v) is 7.06. The highest BCUT2D eigenvalue weighted by Gasteiger charge is 2.12. The third-order valence-electron chi connectivity index (χ3n) is 3.13. The molecule has 0 aliphatic rings. The summed E-state index contributed by atoms with van der Waals surface area (Å²) in [6, 6.07) is 10.2. The number of phenolic OH excluding ortho intramolecular Hbond substituents is 1. The highest BCUT2D eigenvalue weighted by Crippen LogP contribution is 2.30. The Morgan fingerprint density at radius 1 is 1.21 bits per heavy atom. The number of furan rings is 1. The third-order valence-corrected chi connectivity index (χ3v) is 4.37. The SMILES string of the molecule is O=C(N/N=C\c1cc(Br)cc(Cl)c1O)c1cc2cc(Br)ccc2o1. The van der Waals surface area contributed by atoms with Gasteiger partial charge in [0, 0.05) is 19.9 Å². The number of fused-ring (bicyclic) bond motifs is 1. The van der Waals surface area contributed by atoms with E-state index in [4.69, 9.17) is 16.0 Å². The maximum absolute atomic E-state index is 12.1. The summed E-state index contributed by atoms with van der Waals surface area (Å²) in [5, 5.41) is 14.6. The van der Waals surface area contributed by atoms with Crippen molar-refractivity contribution in [2.45, 2.75) is 0 Å². The minimum atomic E-state index is -0.501. The second-order valence-electron chi connectivity index (χ2n) is 4.82. The van der Waals surface area contributed by atoms with E-state index in [-0.39, 0.29) is 16.5 Å². The van der Waals surface area contributed by atoms with Crippen LogP contribution in [0.4, 0.5) is 0 Å². The number of hydrogen-bond acceptors (Lipinski definition) is 4. The van der Waals surface area contributed by atoms with Crippen molar-refractivity contribution in [1.29, 1.82) is 0 Å². The summed E-state index contributed by atoms with van der Waals surface area (Å²) in [6.45, 7) is 0. The Morgan fingerprint density at radius 2 is 2.00 bits per heavy atom. The first-order chi connectivity index (χ1) is 11.4. The fraction of sp³-hybridized carbons (Fsp3) is 0. The summed E-state index contributed by atoms with van der Waals surface area (Å²) >= 11 is 12.5. The van der Waals surface area contributed by atoms with Gasteiger partial charge in [0.15, 0.2) is 5.76 Å². The van der Waals surface area contributed by atoms with Gasteiger partial charge >= 0.3 is 5.91 Å². The average molecular weight is 473 g/mol. The third kappa shape index (κ3) is 3.63. The number of halogens is 3. The molecule has 0 radical (unpaired) electrons. The van der Waals surface area contributed by atoms with Crippen molar-refractivity contribution < 1.29 is 14.3 Å². The quantitative estimate of drug-likeness (QED) is 0.412. The van der Waals surface area contributed by atoms with E-state index in [0.29, 0.717) is 15.6 Å². The highest BCUT2D eigenvalue weighted by molar-refractivity contribution is 9.10. The van der Waals surface area contributed by atoms with Gasteiger partial charge in [0.25, 0.3) is 0 Å². The number of rotatable bonds is 3. The molecule has 2 aromatic carbocycles. The van der Waals surface area contributed by atoms with E-state index < -0.39 is 5.91 Å². The van der Waals surface area contributed by atoms with Crippen LogP contribution in [0.25, 0.3) is 11.0 Å². The fourth-order valence-electron chi connectivity index (χ4n) is 2.03. The number of amides is 1. The molecule has 122 valence electrons. The van der Waals surface area contributed by atoms with E-state index >= 15 is 0 Å². The van der Waals surface area contributed by atoms with Crippen LogP contribution in [-0.2, 0) is 0 Å². The van der Waals surface area contributed by atoms with Crippen LogP contribution in [0, 0.1) is 0 Å². The lowest BCUT2D eigenvalue weighted by Crippen LogP contribution is -2.16. The molecule has 0 atom stereocenters. The average Bonchev–Trinajstić information content (AvgIpc) is 2.95. The molecule has 3 rings (SSSR count). The summed E-state index contributed by atoms with van der Waals surface area (Å²) in [6.07, 6.45) is 1.29. The van der Waals surface area contributed by atoms with Gasteiger partial charge in [0.2, 0.25) is 0 Å². The number of carbonyl (C=O) groups excluding carboxylic acids is 1. The summed E-state index contributed by atoms with van der Waals surface area (Å²) < 4.78 is 7.04. The van der Waals surface area contributed by atoms with Gasteiger partial charge in [-0.25, -0.2) is 5.43 Å². The van der Waals surface area contributed by atoms with Gasteiger partial charge in [-0.3, -0.25) is 4.79 Å². The number of carbonyl (C=O) groups is 1. The van der Waals surface area contributed by atoms with Crippen molar-refractivity contribution in [3.63, 3.8) is 0 Å². The number of hydrazone groups is 1. The van der Waals surface area contributed by atoms with E-state index in [9.17, 15) is 9.90 Å². The van der Waals surface area contributed by atoms with Crippen molar-refractivity contribution in [3.05, 3.63) is 61.7 Å². The van der Waals surface area contributed by atoms with Crippen LogP contribution >= 0.6 is 43.5 Å². The van der Waals surface area contributed by atoms with Gasteiger partial charge < -0.3 is 9.52 Å². The number of nitrogens with one attached hydrogen (secondary N) is 1. The minimum absolute atomic E-state index is 0.119. The summed E-state index contributed by atoms with van der Waals surface area (Å²) in [5.74, 6) is -0.484. The zero-order chi connectivity index (χ0) is 17.3. The van der Waals surface area contributed by atoms with Crippen molar-refractivity contribution in [1.82, 2.24) is 5.43 Å². The molecule has 24 heavy (non-hydrogen) atoms. The van der Waals surface area contributed by atoms with E-state index in [2.05, 4.69) is 42.4 Å². The number of aromatic hydroxyl groups is 1. The summed E-state index contributed by atoms with van der Waals surface area (Å²) in [7, 11) is 0. The van der Waals surface area contributed by atoms with Crippen LogP contribution in [0.3, 0.4) is 0 Å². The van der Waals surface area contributed by atoms with E-state index in [1.54, 1.807) is 24.3 Å². The largest absolute Gasteiger partial charge is 0.506 e. The molecule has 0 bridgehead atoms. The van der Waals surface area contributed by atoms with Gasteiger partial charge in [-0.1, -0.05) is 43.5 Å². The monoisotopic (exact) mass is 470 g/mol. The van der Waals surface area contributed by atoms with Gasteiger partial charge in [0.05, 0.1) is 11.2 Å². The zero-order valence-corrected chi connectivity index (χ0v) is 15.8. The topological polar surface area (TPSA) is 74.8 Å². The highest BCUT2D eigenvalue weighted by atomic mass is 79.9. The fourth-order valence-corrected chi connectivity index (χ4v) is 3.24. The molecule has 3 aromatic rings. The molecule has 0 aliphatic carbocycles. The van der Waals surface area contributed by atoms with Crippen molar-refractivity contribution in [2.24, 2.45) is 5.10 Å². The number of nitrogens with zero attached hydrogens (tertiary/aromatic N) is 1. The minimum Gasteiger partial charge on any atom is -0.506 e. The molecule has 8 heteroatoms. The van der Waals surface area contributed by atoms with E-state index in [1.165, 1.54) is 6.21 Å². The molecular weight excluding hydrogens is 463 g/mol. The molecule has 0 unspecified atom stereocenters. The number of hydrogen-bond donors (Lipinski definition) is 2. The Balaban J connectivity index is 1.77. The Morgan fingerprint density at radius 3 is 2.79 bits per heavy atom. The zero-order valence-electron chi connectivity index (χ0n) is 11.9. The Hall–Kier alpha value is -1.83. The number of phenols is 1. The smallest absolute Gasteiger partial charge is 0.307 e. The molecule has 0 spiro atoms. The molecule has 1 heterocycles. The Kier molecular flexibility index (Phi) is 4.93. The molecule has 0 saturated heterocycles. The molecule has 1 amide bonds. The van der Waals surface area contributed by atoms with Crippen LogP contribution in [0.1, 0.15) is 16.1 Å². The Bertz CT molecular complexity index is 969. The first kappa shape index (κ1) is 17.0. The Labute approximate surface area is 158 Å². The molecule has 1 aromatic heterocycles. The molecule has 5 nitrogen and oxygen atoms in total. The van der Waals surface area contributed by atoms with E-state index in [1.807, 2.05) is 12.1 Å². The second kappa shape index (κ2) is 6.96. The number of benzene rings is 2. The molecular formula is C16H9Br2ClN2O3. The van der Waals surface area contributed by atoms with Crippen LogP contribution < -0.4 is 5.43 Å². The normalized spacial score (nSPS) is 11.3. The first-order valence-corrected chi connectivity index (χ1v) is 8.61. The van der Waals surface area contributed by atoms with Gasteiger partial charge in [-0.05, 0) is 36.4 Å². The lowest BCUT2D eigenvalue weighted by Gasteiger charge is -2.02. The first-order valence-electron chi connectivity index (χ1n) is 6.64. The van der Waals surface area contributed by atoms with Crippen molar-refractivity contribution in [2.75, 3.05) is 0 Å². The van der Waals surface area contributed by atoms with Crippen LogP contribution in [0.15, 0.2) is 54.9 Å². The predicted octanol–water partition coefficient (Wildman–Crippen LogP) is 5.08. The lowest BCUT2D eigenvalue weighted by atomic mass is 10.2. The molecule has 2 N–H and O–H groups in total. The standard InChI is InChI=1S/C16H9Br2ClN2O3/c17-10-1-2-13-8(3-10)5-14(24-13)16(23)21-20-7-9-4-11(18)6-12(19)15(9)22/h1-7,22H,(H,21,23)/b20-7-.